The van der Waals surface area contributed by atoms with Gasteiger partial charge in [-0.25, -0.2) is 4.98 Å². The maximum absolute atomic E-state index is 8.90. The lowest BCUT2D eigenvalue weighted by atomic mass is 9.87. The molecule has 2 heterocycles. The average molecular weight is 533 g/mol. The highest BCUT2D eigenvalue weighted by Crippen LogP contribution is 2.40. The Hall–Kier alpha value is -2.04. The van der Waals surface area contributed by atoms with Crippen LogP contribution in [0.4, 0.5) is 11.5 Å². The fourth-order valence-corrected chi connectivity index (χ4v) is 5.65. The topological polar surface area (TPSA) is 70.8 Å². The average Bonchev–Trinajstić information content (AvgIpc) is 2.90. The SMILES string of the molecule is CCc1c(NCC2CCOCC2)ccc(Cl)c1-c1cc(NC2CCC(C#[N+]CCO)CC2)ncc1Cl. The molecule has 194 valence electrons. The maximum Gasteiger partial charge on any atom is 0.286 e. The van der Waals surface area contributed by atoms with Gasteiger partial charge in [-0.2, -0.15) is 0 Å². The number of halogens is 2. The zero-order chi connectivity index (χ0) is 25.3. The molecule has 0 atom stereocenters. The Kier molecular flexibility index (Phi) is 10.1. The van der Waals surface area contributed by atoms with Gasteiger partial charge in [0, 0.05) is 53.8 Å². The van der Waals surface area contributed by atoms with Crippen molar-refractivity contribution in [3.63, 3.8) is 0 Å². The largest absolute Gasteiger partial charge is 0.388 e. The number of ether oxygens (including phenoxy) is 1. The van der Waals surface area contributed by atoms with E-state index in [1.54, 1.807) is 6.20 Å². The zero-order valence-electron chi connectivity index (χ0n) is 21.0. The highest BCUT2D eigenvalue weighted by molar-refractivity contribution is 6.36. The summed E-state index contributed by atoms with van der Waals surface area (Å²) in [4.78, 5) is 8.75. The molecule has 3 N–H and O–H groups in total. The molecule has 2 aromatic rings. The molecule has 0 spiro atoms. The monoisotopic (exact) mass is 531 g/mol. The molecule has 1 aliphatic heterocycles. The lowest BCUT2D eigenvalue weighted by molar-refractivity contribution is 0.0699. The molecule has 6 nitrogen and oxygen atoms in total. The van der Waals surface area contributed by atoms with Crippen molar-refractivity contribution in [2.45, 2.75) is 57.9 Å². The van der Waals surface area contributed by atoms with Crippen LogP contribution in [0.15, 0.2) is 24.4 Å². The minimum atomic E-state index is 0.0765. The van der Waals surface area contributed by atoms with Crippen molar-refractivity contribution in [1.82, 2.24) is 4.98 Å². The lowest BCUT2D eigenvalue weighted by Gasteiger charge is -2.26. The normalized spacial score (nSPS) is 20.4. The second-order valence-corrected chi connectivity index (χ2v) is 10.5. The maximum atomic E-state index is 8.90. The summed E-state index contributed by atoms with van der Waals surface area (Å²) in [6.45, 7) is 5.29. The second-order valence-electron chi connectivity index (χ2n) is 9.72. The van der Waals surface area contributed by atoms with Crippen molar-refractivity contribution >= 4 is 34.7 Å². The van der Waals surface area contributed by atoms with E-state index in [0.29, 0.717) is 34.5 Å². The van der Waals surface area contributed by atoms with Crippen molar-refractivity contribution in [2.24, 2.45) is 11.8 Å². The van der Waals surface area contributed by atoms with Crippen molar-refractivity contribution < 1.29 is 9.84 Å². The molecule has 1 aromatic heterocycles. The smallest absolute Gasteiger partial charge is 0.286 e. The van der Waals surface area contributed by atoms with Crippen LogP contribution in [0.2, 0.25) is 10.0 Å². The number of nitrogens with one attached hydrogen (secondary N) is 2. The highest BCUT2D eigenvalue weighted by Gasteiger charge is 2.24. The molecular weight excluding hydrogens is 495 g/mol. The van der Waals surface area contributed by atoms with E-state index in [2.05, 4.69) is 39.5 Å². The van der Waals surface area contributed by atoms with E-state index in [1.165, 1.54) is 5.56 Å². The number of anilines is 2. The van der Waals surface area contributed by atoms with E-state index in [1.807, 2.05) is 12.1 Å². The Labute approximate surface area is 224 Å². The van der Waals surface area contributed by atoms with Gasteiger partial charge in [0.2, 0.25) is 0 Å². The van der Waals surface area contributed by atoms with Gasteiger partial charge >= 0.3 is 0 Å². The van der Waals surface area contributed by atoms with Crippen LogP contribution in [-0.2, 0) is 11.2 Å². The van der Waals surface area contributed by atoms with Gasteiger partial charge in [-0.3, -0.25) is 0 Å². The Morgan fingerprint density at radius 3 is 2.61 bits per heavy atom. The fraction of sp³-hybridized carbons (Fsp3) is 0.571. The van der Waals surface area contributed by atoms with Gasteiger partial charge in [0.05, 0.1) is 10.9 Å². The van der Waals surface area contributed by atoms with Crippen molar-refractivity contribution in [2.75, 3.05) is 43.5 Å². The van der Waals surface area contributed by atoms with Crippen molar-refractivity contribution in [3.05, 3.63) is 44.8 Å². The van der Waals surface area contributed by atoms with E-state index < -0.39 is 0 Å². The van der Waals surface area contributed by atoms with E-state index in [4.69, 9.17) is 33.0 Å². The number of aliphatic hydroxyl groups excluding tert-OH is 1. The first-order valence-corrected chi connectivity index (χ1v) is 13.9. The van der Waals surface area contributed by atoms with E-state index in [9.17, 15) is 0 Å². The number of hydrogen-bond donors (Lipinski definition) is 3. The van der Waals surface area contributed by atoms with Crippen LogP contribution in [-0.4, -0.2) is 49.0 Å². The quantitative estimate of drug-likeness (QED) is 0.351. The molecule has 0 radical (unpaired) electrons. The number of pyridine rings is 1. The number of rotatable bonds is 8. The molecule has 1 saturated heterocycles. The van der Waals surface area contributed by atoms with Crippen LogP contribution in [0.5, 0.6) is 0 Å². The van der Waals surface area contributed by atoms with E-state index in [0.717, 1.165) is 87.3 Å². The fourth-order valence-electron chi connectivity index (χ4n) is 5.18. The minimum Gasteiger partial charge on any atom is -0.388 e. The summed E-state index contributed by atoms with van der Waals surface area (Å²) in [5.74, 6) is 1.80. The van der Waals surface area contributed by atoms with E-state index in [-0.39, 0.29) is 6.61 Å². The summed E-state index contributed by atoms with van der Waals surface area (Å²) < 4.78 is 5.51. The molecule has 1 aliphatic carbocycles. The number of aromatic nitrogens is 1. The molecule has 0 unspecified atom stereocenters. The Balaban J connectivity index is 1.49. The van der Waals surface area contributed by atoms with Crippen LogP contribution in [0.25, 0.3) is 16.0 Å². The van der Waals surface area contributed by atoms with Gasteiger partial charge in [-0.1, -0.05) is 35.0 Å². The van der Waals surface area contributed by atoms with Crippen LogP contribution < -0.4 is 10.6 Å². The zero-order valence-corrected chi connectivity index (χ0v) is 22.5. The molecule has 0 bridgehead atoms. The Morgan fingerprint density at radius 1 is 1.11 bits per heavy atom. The predicted molar refractivity (Wildman–Crippen MR) is 150 cm³/mol. The van der Waals surface area contributed by atoms with Gasteiger partial charge in [-0.15, -0.1) is 0 Å². The summed E-state index contributed by atoms with van der Waals surface area (Å²) in [6, 6.07) is 9.60. The first-order chi connectivity index (χ1) is 17.6. The minimum absolute atomic E-state index is 0.0765. The van der Waals surface area contributed by atoms with Crippen LogP contribution >= 0.6 is 23.2 Å². The highest BCUT2D eigenvalue weighted by atomic mass is 35.5. The number of hydrogen-bond acceptors (Lipinski definition) is 5. The van der Waals surface area contributed by atoms with Gasteiger partial charge < -0.3 is 20.5 Å². The van der Waals surface area contributed by atoms with Crippen LogP contribution in [0.1, 0.15) is 51.0 Å². The first-order valence-electron chi connectivity index (χ1n) is 13.2. The summed E-state index contributed by atoms with van der Waals surface area (Å²) in [7, 11) is 0. The molecule has 36 heavy (non-hydrogen) atoms. The first kappa shape index (κ1) is 27.0. The lowest BCUT2D eigenvalue weighted by Crippen LogP contribution is -2.26. The summed E-state index contributed by atoms with van der Waals surface area (Å²) >= 11 is 13.5. The third-order valence-electron chi connectivity index (χ3n) is 7.23. The number of benzene rings is 1. The van der Waals surface area contributed by atoms with Gasteiger partial charge in [0.15, 0.2) is 0 Å². The molecule has 8 heteroatoms. The summed E-state index contributed by atoms with van der Waals surface area (Å²) in [6.07, 6.45) is 8.85. The molecule has 2 fully saturated rings. The van der Waals surface area contributed by atoms with Crippen molar-refractivity contribution in [1.29, 1.82) is 0 Å². The van der Waals surface area contributed by atoms with Gasteiger partial charge in [0.25, 0.3) is 12.6 Å². The van der Waals surface area contributed by atoms with Crippen molar-refractivity contribution in [3.8, 4) is 17.2 Å². The molecule has 4 rings (SSSR count). The molecule has 1 aromatic carbocycles. The summed E-state index contributed by atoms with van der Waals surface area (Å²) in [5, 5.41) is 17.5. The third-order valence-corrected chi connectivity index (χ3v) is 7.84. The number of aliphatic hydroxyl groups is 1. The van der Waals surface area contributed by atoms with Crippen LogP contribution in [0, 0.1) is 17.9 Å². The second kappa shape index (κ2) is 13.5. The molecule has 0 amide bonds. The van der Waals surface area contributed by atoms with Gasteiger partial charge in [-0.05, 0) is 74.6 Å². The molecular formula is C28H37Cl2N4O2+. The Morgan fingerprint density at radius 2 is 1.89 bits per heavy atom. The van der Waals surface area contributed by atoms with Crippen LogP contribution in [0.3, 0.4) is 0 Å². The third kappa shape index (κ3) is 7.04. The predicted octanol–water partition coefficient (Wildman–Crippen LogP) is 6.75. The summed E-state index contributed by atoms with van der Waals surface area (Å²) in [5.41, 5.74) is 4.17. The molecule has 2 aliphatic rings. The van der Waals surface area contributed by atoms with E-state index >= 15 is 0 Å². The van der Waals surface area contributed by atoms with Gasteiger partial charge in [0.1, 0.15) is 12.4 Å². The molecule has 1 saturated carbocycles. The number of nitrogens with zero attached hydrogens (tertiary/aromatic N) is 2. The standard InChI is InChI=1S/C28H37Cl2N4O2/c1-2-22-26(32-17-20-9-13-36-14-10-20)8-7-24(29)28(22)23-15-27(33-18-25(23)30)34-21-5-3-19(4-6-21)16-31-11-12-35/h7-8,15,18-21,32,35H,2-6,9-14,17H2,1H3,(H,33,34)/q+1. The Bertz CT molecular complexity index is 1070.